The summed E-state index contributed by atoms with van der Waals surface area (Å²) in [6.07, 6.45) is -0.0409. The molecular formula is C10H11N3O. The monoisotopic (exact) mass is 189 g/mol. The molecule has 0 aliphatic carbocycles. The van der Waals surface area contributed by atoms with Gasteiger partial charge in [-0.2, -0.15) is 0 Å². The Labute approximate surface area is 82.1 Å². The molecule has 0 aromatic heterocycles. The minimum absolute atomic E-state index is 0.0409. The Hall–Kier alpha value is -1.51. The summed E-state index contributed by atoms with van der Waals surface area (Å²) in [6, 6.07) is 7.72. The Morgan fingerprint density at radius 1 is 1.50 bits per heavy atom. The van der Waals surface area contributed by atoms with E-state index in [-0.39, 0.29) is 12.1 Å². The molecule has 0 saturated carbocycles. The molecule has 0 N–H and O–H groups in total. The first kappa shape index (κ1) is 9.06. The molecule has 0 bridgehead atoms. The molecule has 1 aliphatic rings. The largest absolute Gasteiger partial charge is 0.373 e. The van der Waals surface area contributed by atoms with Gasteiger partial charge >= 0.3 is 0 Å². The lowest BCUT2D eigenvalue weighted by molar-refractivity contribution is 0.0215. The average molecular weight is 189 g/mol. The highest BCUT2D eigenvalue weighted by Gasteiger charge is 2.25. The van der Waals surface area contributed by atoms with Gasteiger partial charge in [0.15, 0.2) is 0 Å². The third kappa shape index (κ3) is 1.45. The van der Waals surface area contributed by atoms with Crippen LogP contribution >= 0.6 is 0 Å². The number of azide groups is 1. The summed E-state index contributed by atoms with van der Waals surface area (Å²) in [6.45, 7) is 2.53. The summed E-state index contributed by atoms with van der Waals surface area (Å²) in [5.41, 5.74) is 10.7. The van der Waals surface area contributed by atoms with Crippen LogP contribution in [0.25, 0.3) is 10.4 Å². The van der Waals surface area contributed by atoms with E-state index in [2.05, 4.69) is 10.0 Å². The van der Waals surface area contributed by atoms with E-state index in [0.29, 0.717) is 6.61 Å². The predicted octanol–water partition coefficient (Wildman–Crippen LogP) is 2.96. The zero-order valence-electron chi connectivity index (χ0n) is 7.92. The highest BCUT2D eigenvalue weighted by Crippen LogP contribution is 2.32. The van der Waals surface area contributed by atoms with Crippen molar-refractivity contribution in [1.82, 2.24) is 0 Å². The highest BCUT2D eigenvalue weighted by atomic mass is 16.5. The van der Waals surface area contributed by atoms with Gasteiger partial charge in [0.2, 0.25) is 0 Å². The number of hydrogen-bond donors (Lipinski definition) is 0. The SMILES string of the molecule is CC1OCc2ccccc2C1N=[N+]=[N-]. The highest BCUT2D eigenvalue weighted by molar-refractivity contribution is 5.31. The molecule has 0 amide bonds. The van der Waals surface area contributed by atoms with Crippen LogP contribution in [0.3, 0.4) is 0 Å². The summed E-state index contributed by atoms with van der Waals surface area (Å²) >= 11 is 0. The maximum atomic E-state index is 8.46. The van der Waals surface area contributed by atoms with Gasteiger partial charge in [-0.25, -0.2) is 0 Å². The topological polar surface area (TPSA) is 58.0 Å². The maximum absolute atomic E-state index is 8.46. The Bertz CT molecular complexity index is 385. The molecule has 2 unspecified atom stereocenters. The van der Waals surface area contributed by atoms with E-state index in [4.69, 9.17) is 10.3 Å². The van der Waals surface area contributed by atoms with Crippen molar-refractivity contribution < 1.29 is 4.74 Å². The first-order valence-corrected chi connectivity index (χ1v) is 4.56. The summed E-state index contributed by atoms with van der Waals surface area (Å²) in [7, 11) is 0. The van der Waals surface area contributed by atoms with Crippen molar-refractivity contribution >= 4 is 0 Å². The molecule has 4 nitrogen and oxygen atoms in total. The Morgan fingerprint density at radius 3 is 3.07 bits per heavy atom. The summed E-state index contributed by atoms with van der Waals surface area (Å²) < 4.78 is 5.50. The zero-order valence-corrected chi connectivity index (χ0v) is 7.92. The van der Waals surface area contributed by atoms with Crippen LogP contribution in [-0.4, -0.2) is 6.10 Å². The van der Waals surface area contributed by atoms with Crippen molar-refractivity contribution in [2.75, 3.05) is 0 Å². The minimum Gasteiger partial charge on any atom is -0.373 e. The van der Waals surface area contributed by atoms with Gasteiger partial charge in [-0.1, -0.05) is 29.4 Å². The Morgan fingerprint density at radius 2 is 2.29 bits per heavy atom. The number of rotatable bonds is 1. The normalized spacial score (nSPS) is 24.9. The van der Waals surface area contributed by atoms with Crippen LogP contribution in [0.1, 0.15) is 24.1 Å². The molecule has 1 aromatic carbocycles. The van der Waals surface area contributed by atoms with E-state index in [9.17, 15) is 0 Å². The van der Waals surface area contributed by atoms with Gasteiger partial charge in [0.25, 0.3) is 0 Å². The van der Waals surface area contributed by atoms with Gasteiger partial charge in [-0.15, -0.1) is 0 Å². The number of nitrogens with zero attached hydrogens (tertiary/aromatic N) is 3. The van der Waals surface area contributed by atoms with Crippen molar-refractivity contribution in [3.63, 3.8) is 0 Å². The molecule has 1 aliphatic heterocycles. The van der Waals surface area contributed by atoms with Gasteiger partial charge < -0.3 is 4.74 Å². The van der Waals surface area contributed by atoms with Crippen molar-refractivity contribution in [2.24, 2.45) is 5.11 Å². The van der Waals surface area contributed by atoms with Crippen LogP contribution in [0.2, 0.25) is 0 Å². The maximum Gasteiger partial charge on any atom is 0.0888 e. The molecule has 0 saturated heterocycles. The van der Waals surface area contributed by atoms with E-state index >= 15 is 0 Å². The van der Waals surface area contributed by atoms with Gasteiger partial charge in [-0.3, -0.25) is 0 Å². The first-order chi connectivity index (χ1) is 6.83. The van der Waals surface area contributed by atoms with E-state index in [0.717, 1.165) is 11.1 Å². The van der Waals surface area contributed by atoms with Gasteiger partial charge in [0.05, 0.1) is 18.8 Å². The molecule has 0 fully saturated rings. The van der Waals surface area contributed by atoms with Gasteiger partial charge in [0.1, 0.15) is 0 Å². The van der Waals surface area contributed by atoms with E-state index in [1.807, 2.05) is 31.2 Å². The fourth-order valence-corrected chi connectivity index (χ4v) is 1.73. The van der Waals surface area contributed by atoms with Crippen LogP contribution in [0.4, 0.5) is 0 Å². The second-order valence-electron chi connectivity index (χ2n) is 3.36. The molecule has 1 heterocycles. The molecule has 72 valence electrons. The summed E-state index contributed by atoms with van der Waals surface area (Å²) in [4.78, 5) is 2.85. The zero-order chi connectivity index (χ0) is 9.97. The van der Waals surface area contributed by atoms with E-state index < -0.39 is 0 Å². The van der Waals surface area contributed by atoms with E-state index in [1.165, 1.54) is 0 Å². The second-order valence-corrected chi connectivity index (χ2v) is 3.36. The standard InChI is InChI=1S/C10H11N3O/c1-7-10(12-13-11)9-5-3-2-4-8(9)6-14-7/h2-5,7,10H,6H2,1H3. The minimum atomic E-state index is -0.190. The molecule has 2 atom stereocenters. The number of benzene rings is 1. The molecule has 1 aromatic rings. The van der Waals surface area contributed by atoms with Crippen LogP contribution in [-0.2, 0) is 11.3 Å². The first-order valence-electron chi connectivity index (χ1n) is 4.56. The van der Waals surface area contributed by atoms with Crippen molar-refractivity contribution in [3.8, 4) is 0 Å². The quantitative estimate of drug-likeness (QED) is 0.380. The summed E-state index contributed by atoms with van der Waals surface area (Å²) in [5.74, 6) is 0. The number of hydrogen-bond acceptors (Lipinski definition) is 2. The fourth-order valence-electron chi connectivity index (χ4n) is 1.73. The summed E-state index contributed by atoms with van der Waals surface area (Å²) in [5, 5.41) is 3.76. The smallest absolute Gasteiger partial charge is 0.0888 e. The lowest BCUT2D eigenvalue weighted by atomic mass is 9.95. The number of ether oxygens (including phenoxy) is 1. The Balaban J connectivity index is 2.45. The van der Waals surface area contributed by atoms with Crippen LogP contribution in [0, 0.1) is 0 Å². The third-order valence-electron chi connectivity index (χ3n) is 2.50. The lowest BCUT2D eigenvalue weighted by Gasteiger charge is -2.28. The number of fused-ring (bicyclic) bond motifs is 1. The van der Waals surface area contributed by atoms with Crippen molar-refractivity contribution in [3.05, 3.63) is 45.8 Å². The molecule has 14 heavy (non-hydrogen) atoms. The fraction of sp³-hybridized carbons (Fsp3) is 0.400. The van der Waals surface area contributed by atoms with Crippen LogP contribution in [0.5, 0.6) is 0 Å². The van der Waals surface area contributed by atoms with Crippen LogP contribution in [0.15, 0.2) is 29.4 Å². The average Bonchev–Trinajstić information content (AvgIpc) is 2.23. The molecule has 0 radical (unpaired) electrons. The second kappa shape index (κ2) is 3.70. The van der Waals surface area contributed by atoms with Gasteiger partial charge in [0, 0.05) is 4.91 Å². The molecular weight excluding hydrogens is 178 g/mol. The van der Waals surface area contributed by atoms with E-state index in [1.54, 1.807) is 0 Å². The van der Waals surface area contributed by atoms with Gasteiger partial charge in [-0.05, 0) is 23.6 Å². The predicted molar refractivity (Wildman–Crippen MR) is 52.6 cm³/mol. The molecule has 4 heteroatoms. The molecule has 2 rings (SSSR count). The van der Waals surface area contributed by atoms with Crippen molar-refractivity contribution in [1.29, 1.82) is 0 Å². The third-order valence-corrected chi connectivity index (χ3v) is 2.50. The Kier molecular flexibility index (Phi) is 2.39. The lowest BCUT2D eigenvalue weighted by Crippen LogP contribution is -2.23. The van der Waals surface area contributed by atoms with Crippen molar-refractivity contribution in [2.45, 2.75) is 25.7 Å². The molecule has 0 spiro atoms. The van der Waals surface area contributed by atoms with Crippen LogP contribution < -0.4 is 0 Å².